The molecular formula is C13H24O10. The van der Waals surface area contributed by atoms with Gasteiger partial charge in [-0.15, -0.1) is 0 Å². The van der Waals surface area contributed by atoms with Crippen molar-refractivity contribution in [3.05, 3.63) is 0 Å². The van der Waals surface area contributed by atoms with Crippen LogP contribution in [-0.4, -0.2) is 110 Å². The molecule has 0 saturated carbocycles. The van der Waals surface area contributed by atoms with E-state index in [2.05, 4.69) is 0 Å². The Labute approximate surface area is 132 Å². The van der Waals surface area contributed by atoms with Crippen molar-refractivity contribution >= 4 is 0 Å². The number of hydrogen-bond acceptors (Lipinski definition) is 10. The largest absolute Gasteiger partial charge is 0.394 e. The molecule has 2 aliphatic rings. The van der Waals surface area contributed by atoms with E-state index in [0.717, 1.165) is 0 Å². The zero-order chi connectivity index (χ0) is 17.3. The molecule has 0 radical (unpaired) electrons. The van der Waals surface area contributed by atoms with E-state index in [4.69, 9.17) is 19.3 Å². The quantitative estimate of drug-likeness (QED) is 0.265. The summed E-state index contributed by atoms with van der Waals surface area (Å²) in [5.41, 5.74) is 0. The summed E-state index contributed by atoms with van der Waals surface area (Å²) < 4.78 is 15.9. The molecular weight excluding hydrogens is 316 g/mol. The summed E-state index contributed by atoms with van der Waals surface area (Å²) in [5, 5.41) is 67.8. The fraction of sp³-hybridized carbons (Fsp3) is 1.00. The molecule has 136 valence electrons. The zero-order valence-corrected chi connectivity index (χ0v) is 12.5. The SMILES string of the molecule is CC1OC(CO)[C@@H](O[C@@H]2OC(CO)[C@H](O)C(O)C2O)[C@H](O)C1O. The first kappa shape index (κ1) is 18.9. The smallest absolute Gasteiger partial charge is 0.187 e. The molecule has 0 amide bonds. The molecule has 0 aromatic carbocycles. The van der Waals surface area contributed by atoms with Crippen LogP contribution in [0.25, 0.3) is 0 Å². The van der Waals surface area contributed by atoms with Gasteiger partial charge in [0, 0.05) is 0 Å². The first-order valence-electron chi connectivity index (χ1n) is 7.40. The minimum absolute atomic E-state index is 0.518. The number of hydrogen-bond donors (Lipinski definition) is 7. The Morgan fingerprint density at radius 3 is 1.91 bits per heavy atom. The van der Waals surface area contributed by atoms with Gasteiger partial charge in [0.2, 0.25) is 0 Å². The fourth-order valence-corrected chi connectivity index (χ4v) is 2.78. The summed E-state index contributed by atoms with van der Waals surface area (Å²) >= 11 is 0. The lowest BCUT2D eigenvalue weighted by Crippen LogP contribution is -2.64. The molecule has 10 heteroatoms. The van der Waals surface area contributed by atoms with Crippen LogP contribution in [0, 0.1) is 0 Å². The van der Waals surface area contributed by atoms with E-state index in [1.54, 1.807) is 0 Å². The Bertz CT molecular complexity index is 378. The lowest BCUT2D eigenvalue weighted by molar-refractivity contribution is -0.341. The predicted molar refractivity (Wildman–Crippen MR) is 72.1 cm³/mol. The highest BCUT2D eigenvalue weighted by molar-refractivity contribution is 4.94. The highest BCUT2D eigenvalue weighted by Crippen LogP contribution is 2.28. The van der Waals surface area contributed by atoms with Crippen LogP contribution in [0.5, 0.6) is 0 Å². The van der Waals surface area contributed by atoms with Crippen molar-refractivity contribution in [3.8, 4) is 0 Å². The van der Waals surface area contributed by atoms with Crippen molar-refractivity contribution in [2.75, 3.05) is 13.2 Å². The van der Waals surface area contributed by atoms with Gasteiger partial charge in [0.05, 0.1) is 19.3 Å². The van der Waals surface area contributed by atoms with Crippen LogP contribution in [0.3, 0.4) is 0 Å². The maximum Gasteiger partial charge on any atom is 0.187 e. The normalized spacial score (nSPS) is 51.7. The highest BCUT2D eigenvalue weighted by Gasteiger charge is 2.49. The summed E-state index contributed by atoms with van der Waals surface area (Å²) in [6, 6.07) is 0. The maximum absolute atomic E-state index is 10.1. The lowest BCUT2D eigenvalue weighted by atomic mass is 9.95. The monoisotopic (exact) mass is 340 g/mol. The number of rotatable bonds is 4. The van der Waals surface area contributed by atoms with E-state index in [-0.39, 0.29) is 0 Å². The molecule has 0 spiro atoms. The van der Waals surface area contributed by atoms with Gasteiger partial charge in [0.25, 0.3) is 0 Å². The second kappa shape index (κ2) is 7.66. The first-order chi connectivity index (χ1) is 10.8. The summed E-state index contributed by atoms with van der Waals surface area (Å²) in [6.45, 7) is 0.369. The Morgan fingerprint density at radius 1 is 0.739 bits per heavy atom. The van der Waals surface area contributed by atoms with Gasteiger partial charge in [-0.1, -0.05) is 0 Å². The third-order valence-corrected chi connectivity index (χ3v) is 4.24. The number of ether oxygens (including phenoxy) is 3. The number of aliphatic hydroxyl groups excluding tert-OH is 7. The molecule has 0 aromatic heterocycles. The van der Waals surface area contributed by atoms with Crippen LogP contribution in [0.2, 0.25) is 0 Å². The van der Waals surface area contributed by atoms with Crippen molar-refractivity contribution in [1.29, 1.82) is 0 Å². The molecule has 2 saturated heterocycles. The van der Waals surface area contributed by atoms with Crippen LogP contribution < -0.4 is 0 Å². The Balaban J connectivity index is 2.11. The molecule has 2 aliphatic heterocycles. The van der Waals surface area contributed by atoms with Crippen molar-refractivity contribution in [2.45, 2.75) is 68.1 Å². The van der Waals surface area contributed by atoms with E-state index in [0.29, 0.717) is 0 Å². The Kier molecular flexibility index (Phi) is 6.30. The van der Waals surface area contributed by atoms with Gasteiger partial charge >= 0.3 is 0 Å². The topological polar surface area (TPSA) is 169 Å². The molecule has 7 N–H and O–H groups in total. The summed E-state index contributed by atoms with van der Waals surface area (Å²) in [4.78, 5) is 0. The predicted octanol–water partition coefficient (Wildman–Crippen LogP) is -4.33. The lowest BCUT2D eigenvalue weighted by Gasteiger charge is -2.45. The van der Waals surface area contributed by atoms with Gasteiger partial charge < -0.3 is 50.0 Å². The van der Waals surface area contributed by atoms with E-state index in [1.807, 2.05) is 0 Å². The summed E-state index contributed by atoms with van der Waals surface area (Å²) in [6.07, 6.45) is -13.2. The Hall–Kier alpha value is -0.400. The minimum Gasteiger partial charge on any atom is -0.394 e. The molecule has 10 atom stereocenters. The molecule has 23 heavy (non-hydrogen) atoms. The summed E-state index contributed by atoms with van der Waals surface area (Å²) in [5.74, 6) is 0. The second-order valence-corrected chi connectivity index (χ2v) is 5.84. The molecule has 6 unspecified atom stereocenters. The minimum atomic E-state index is -1.66. The average Bonchev–Trinajstić information content (AvgIpc) is 2.55. The third kappa shape index (κ3) is 3.66. The van der Waals surface area contributed by atoms with Crippen LogP contribution in [0.1, 0.15) is 6.92 Å². The van der Waals surface area contributed by atoms with Gasteiger partial charge in [0.1, 0.15) is 48.8 Å². The molecule has 2 fully saturated rings. The summed E-state index contributed by atoms with van der Waals surface area (Å²) in [7, 11) is 0. The van der Waals surface area contributed by atoms with Crippen molar-refractivity contribution in [3.63, 3.8) is 0 Å². The van der Waals surface area contributed by atoms with Crippen molar-refractivity contribution in [1.82, 2.24) is 0 Å². The van der Waals surface area contributed by atoms with Gasteiger partial charge in [-0.25, -0.2) is 0 Å². The molecule has 0 aromatic rings. The molecule has 0 aliphatic carbocycles. The van der Waals surface area contributed by atoms with Gasteiger partial charge in [-0.3, -0.25) is 0 Å². The molecule has 0 bridgehead atoms. The van der Waals surface area contributed by atoms with Crippen molar-refractivity contribution < 1.29 is 50.0 Å². The highest BCUT2D eigenvalue weighted by atomic mass is 16.7. The third-order valence-electron chi connectivity index (χ3n) is 4.24. The van der Waals surface area contributed by atoms with Crippen LogP contribution in [-0.2, 0) is 14.2 Å². The maximum atomic E-state index is 10.1. The van der Waals surface area contributed by atoms with Gasteiger partial charge in [-0.05, 0) is 6.92 Å². The Morgan fingerprint density at radius 2 is 1.35 bits per heavy atom. The standard InChI is InChI=1S/C13H24O10/c1-4-7(16)10(19)12(6(3-15)21-4)23-13-11(20)9(18)8(17)5(2-14)22-13/h4-20H,2-3H2,1H3/t4?,5?,6?,7?,8-,9?,10+,11?,12+,13-/m0/s1. The van der Waals surface area contributed by atoms with Crippen LogP contribution in [0.4, 0.5) is 0 Å². The number of aliphatic hydroxyl groups is 7. The first-order valence-corrected chi connectivity index (χ1v) is 7.40. The molecule has 2 rings (SSSR count). The van der Waals surface area contributed by atoms with Crippen LogP contribution >= 0.6 is 0 Å². The molecule has 10 nitrogen and oxygen atoms in total. The average molecular weight is 340 g/mol. The second-order valence-electron chi connectivity index (χ2n) is 5.84. The zero-order valence-electron chi connectivity index (χ0n) is 12.5. The van der Waals surface area contributed by atoms with E-state index in [9.17, 15) is 30.6 Å². The van der Waals surface area contributed by atoms with E-state index < -0.39 is 74.4 Å². The van der Waals surface area contributed by atoms with Gasteiger partial charge in [0.15, 0.2) is 6.29 Å². The van der Waals surface area contributed by atoms with Crippen molar-refractivity contribution in [2.24, 2.45) is 0 Å². The molecule has 2 heterocycles. The van der Waals surface area contributed by atoms with Crippen LogP contribution in [0.15, 0.2) is 0 Å². The van der Waals surface area contributed by atoms with E-state index in [1.165, 1.54) is 6.92 Å². The van der Waals surface area contributed by atoms with E-state index >= 15 is 0 Å². The fourth-order valence-electron chi connectivity index (χ4n) is 2.78. The van der Waals surface area contributed by atoms with Gasteiger partial charge in [-0.2, -0.15) is 0 Å².